The van der Waals surface area contributed by atoms with Crippen LogP contribution >= 0.6 is 23.5 Å². The van der Waals surface area contributed by atoms with Gasteiger partial charge < -0.3 is 19.4 Å². The number of hydrogen-bond acceptors (Lipinski definition) is 8. The molecule has 212 valence electrons. The molecule has 0 saturated carbocycles. The van der Waals surface area contributed by atoms with Crippen molar-refractivity contribution in [3.8, 4) is 0 Å². The first kappa shape index (κ1) is 28.6. The molecular formula is C30H26N6O4S2. The summed E-state index contributed by atoms with van der Waals surface area (Å²) in [6.45, 7) is 0. The third kappa shape index (κ3) is 7.62. The summed E-state index contributed by atoms with van der Waals surface area (Å²) in [5.74, 6) is 0.748. The summed E-state index contributed by atoms with van der Waals surface area (Å²) in [5.41, 5.74) is 3.31. The van der Waals surface area contributed by atoms with E-state index < -0.39 is 12.2 Å². The van der Waals surface area contributed by atoms with Crippen molar-refractivity contribution in [1.29, 1.82) is 0 Å². The minimum absolute atomic E-state index is 0.374. The Morgan fingerprint density at radius 2 is 1.00 bits per heavy atom. The van der Waals surface area contributed by atoms with Gasteiger partial charge in [-0.2, -0.15) is 0 Å². The number of fused-ring (bicyclic) bond motifs is 2. The summed E-state index contributed by atoms with van der Waals surface area (Å²) in [6, 6.07) is 32.1. The first-order chi connectivity index (χ1) is 20.5. The van der Waals surface area contributed by atoms with Gasteiger partial charge in [-0.15, -0.1) is 0 Å². The Balaban J connectivity index is 0.000000168. The largest absolute Gasteiger partial charge is 0.453 e. The summed E-state index contributed by atoms with van der Waals surface area (Å²) >= 11 is 3.33. The van der Waals surface area contributed by atoms with Crippen LogP contribution in [0.2, 0.25) is 0 Å². The van der Waals surface area contributed by atoms with Gasteiger partial charge in [-0.3, -0.25) is 10.6 Å². The number of imidazole rings is 2. The standard InChI is InChI=1S/2C15H13N3O2S/c2*1-20-15(19)18-14-16-12-8-7-11(9-13(12)17-14)21-10-5-3-2-4-6-10/h2*2-9H,1H3,(H2,16,17,18,19). The lowest BCUT2D eigenvalue weighted by molar-refractivity contribution is 0.186. The molecule has 4 N–H and O–H groups in total. The summed E-state index contributed by atoms with van der Waals surface area (Å²) in [5, 5.41) is 5.03. The van der Waals surface area contributed by atoms with E-state index in [0.29, 0.717) is 11.9 Å². The number of H-pyrrole nitrogens is 2. The molecule has 2 heterocycles. The maximum Gasteiger partial charge on any atom is 0.413 e. The molecule has 0 unspecified atom stereocenters. The average molecular weight is 599 g/mol. The highest BCUT2D eigenvalue weighted by Gasteiger charge is 2.09. The van der Waals surface area contributed by atoms with Crippen molar-refractivity contribution in [1.82, 2.24) is 19.9 Å². The molecule has 0 bridgehead atoms. The molecule has 6 rings (SSSR count). The van der Waals surface area contributed by atoms with Gasteiger partial charge in [0.05, 0.1) is 36.3 Å². The first-order valence-electron chi connectivity index (χ1n) is 12.6. The second kappa shape index (κ2) is 13.6. The van der Waals surface area contributed by atoms with Crippen molar-refractivity contribution in [2.24, 2.45) is 0 Å². The van der Waals surface area contributed by atoms with Crippen molar-refractivity contribution in [3.63, 3.8) is 0 Å². The van der Waals surface area contributed by atoms with E-state index in [0.717, 1.165) is 31.9 Å². The van der Waals surface area contributed by atoms with Crippen LogP contribution in [0.5, 0.6) is 0 Å². The fourth-order valence-corrected chi connectivity index (χ4v) is 5.51. The van der Waals surface area contributed by atoms with Gasteiger partial charge in [0.2, 0.25) is 11.9 Å². The molecule has 0 saturated heterocycles. The summed E-state index contributed by atoms with van der Waals surface area (Å²) < 4.78 is 9.08. The van der Waals surface area contributed by atoms with Gasteiger partial charge >= 0.3 is 12.2 Å². The molecule has 12 heteroatoms. The second-order valence-electron chi connectivity index (χ2n) is 8.59. The molecule has 0 atom stereocenters. The number of aromatic nitrogens is 4. The van der Waals surface area contributed by atoms with Crippen LogP contribution in [0.25, 0.3) is 22.1 Å². The molecule has 0 fully saturated rings. The number of carbonyl (C=O) groups is 2. The maximum atomic E-state index is 11.2. The number of nitrogens with zero attached hydrogens (tertiary/aromatic N) is 2. The van der Waals surface area contributed by atoms with E-state index in [-0.39, 0.29) is 0 Å². The van der Waals surface area contributed by atoms with Gasteiger partial charge in [0.1, 0.15) is 0 Å². The molecule has 2 aromatic heterocycles. The van der Waals surface area contributed by atoms with Gasteiger partial charge in [0.25, 0.3) is 0 Å². The molecular weight excluding hydrogens is 573 g/mol. The predicted octanol–water partition coefficient (Wildman–Crippen LogP) is 7.78. The smallest absolute Gasteiger partial charge is 0.413 e. The second-order valence-corrected chi connectivity index (χ2v) is 10.9. The van der Waals surface area contributed by atoms with Crippen molar-refractivity contribution in [2.45, 2.75) is 19.6 Å². The monoisotopic (exact) mass is 598 g/mol. The molecule has 0 radical (unpaired) electrons. The minimum atomic E-state index is -0.548. The number of anilines is 2. The molecule has 0 aliphatic rings. The fraction of sp³-hybridized carbons (Fsp3) is 0.0667. The lowest BCUT2D eigenvalue weighted by atomic mass is 10.3. The third-order valence-corrected chi connectivity index (χ3v) is 7.67. The molecule has 4 aromatic carbocycles. The van der Waals surface area contributed by atoms with Crippen molar-refractivity contribution in [3.05, 3.63) is 97.1 Å². The first-order valence-corrected chi connectivity index (χ1v) is 14.3. The molecule has 10 nitrogen and oxygen atoms in total. The zero-order valence-electron chi connectivity index (χ0n) is 22.6. The highest BCUT2D eigenvalue weighted by molar-refractivity contribution is 7.99. The Hall–Kier alpha value is -4.94. The van der Waals surface area contributed by atoms with Crippen LogP contribution in [-0.2, 0) is 9.47 Å². The molecule has 2 amide bonds. The van der Waals surface area contributed by atoms with Crippen LogP contribution in [-0.4, -0.2) is 46.3 Å². The average Bonchev–Trinajstić information content (AvgIpc) is 3.60. The van der Waals surface area contributed by atoms with Gasteiger partial charge in [0, 0.05) is 19.6 Å². The normalized spacial score (nSPS) is 10.5. The molecule has 0 aliphatic heterocycles. The summed E-state index contributed by atoms with van der Waals surface area (Å²) in [4.78, 5) is 41.5. The van der Waals surface area contributed by atoms with Crippen LogP contribution < -0.4 is 10.6 Å². The van der Waals surface area contributed by atoms with E-state index in [1.165, 1.54) is 24.0 Å². The summed E-state index contributed by atoms with van der Waals surface area (Å²) in [7, 11) is 2.62. The van der Waals surface area contributed by atoms with Crippen LogP contribution in [0.15, 0.2) is 117 Å². The van der Waals surface area contributed by atoms with Gasteiger partial charge in [0.15, 0.2) is 0 Å². The number of ether oxygens (including phenoxy) is 2. The van der Waals surface area contributed by atoms with Crippen molar-refractivity contribution in [2.75, 3.05) is 24.9 Å². The van der Waals surface area contributed by atoms with E-state index in [2.05, 4.69) is 64.3 Å². The number of amides is 2. The Labute approximate surface area is 249 Å². The highest BCUT2D eigenvalue weighted by Crippen LogP contribution is 2.31. The van der Waals surface area contributed by atoms with Crippen molar-refractivity contribution < 1.29 is 19.1 Å². The topological polar surface area (TPSA) is 134 Å². The highest BCUT2D eigenvalue weighted by atomic mass is 32.2. The molecule has 0 aliphatic carbocycles. The SMILES string of the molecule is COC(=O)Nc1nc2cc(Sc3ccccc3)ccc2[nH]1.COC(=O)Nc1nc2cc(Sc3ccccc3)ccc2[nH]1. The minimum Gasteiger partial charge on any atom is -0.453 e. The van der Waals surface area contributed by atoms with Crippen LogP contribution in [0.1, 0.15) is 0 Å². The van der Waals surface area contributed by atoms with E-state index in [9.17, 15) is 9.59 Å². The maximum absolute atomic E-state index is 11.2. The number of aromatic amines is 2. The number of hydrogen-bond donors (Lipinski definition) is 4. The van der Waals surface area contributed by atoms with Crippen LogP contribution in [0, 0.1) is 0 Å². The number of methoxy groups -OCH3 is 2. The van der Waals surface area contributed by atoms with E-state index in [1.807, 2.05) is 72.8 Å². The zero-order valence-corrected chi connectivity index (χ0v) is 24.2. The Morgan fingerprint density at radius 3 is 1.38 bits per heavy atom. The van der Waals surface area contributed by atoms with Crippen LogP contribution in [0.3, 0.4) is 0 Å². The fourth-order valence-electron chi connectivity index (χ4n) is 3.76. The van der Waals surface area contributed by atoms with Crippen LogP contribution in [0.4, 0.5) is 21.5 Å². The van der Waals surface area contributed by atoms with E-state index in [4.69, 9.17) is 0 Å². The van der Waals surface area contributed by atoms with E-state index in [1.54, 1.807) is 23.5 Å². The Kier molecular flexibility index (Phi) is 9.27. The summed E-state index contributed by atoms with van der Waals surface area (Å²) in [6.07, 6.45) is -1.10. The quantitative estimate of drug-likeness (QED) is 0.153. The van der Waals surface area contributed by atoms with Crippen molar-refractivity contribution >= 4 is 69.7 Å². The molecule has 42 heavy (non-hydrogen) atoms. The number of nitrogens with one attached hydrogen (secondary N) is 4. The Bertz CT molecular complexity index is 1680. The lowest BCUT2D eigenvalue weighted by Crippen LogP contribution is -2.11. The van der Waals surface area contributed by atoms with Gasteiger partial charge in [-0.05, 0) is 60.7 Å². The van der Waals surface area contributed by atoms with E-state index >= 15 is 0 Å². The Morgan fingerprint density at radius 1 is 0.595 bits per heavy atom. The van der Waals surface area contributed by atoms with Gasteiger partial charge in [-0.1, -0.05) is 59.9 Å². The molecule has 0 spiro atoms. The predicted molar refractivity (Wildman–Crippen MR) is 165 cm³/mol. The number of benzene rings is 4. The lowest BCUT2D eigenvalue weighted by Gasteiger charge is -2.00. The van der Waals surface area contributed by atoms with Gasteiger partial charge in [-0.25, -0.2) is 19.6 Å². The number of rotatable bonds is 6. The zero-order chi connectivity index (χ0) is 29.3. The number of carbonyl (C=O) groups excluding carboxylic acids is 2. The molecule has 6 aromatic rings. The third-order valence-electron chi connectivity index (χ3n) is 5.68.